The molecule has 0 bridgehead atoms. The molecule has 182 valence electrons. The van der Waals surface area contributed by atoms with Crippen molar-refractivity contribution in [2.75, 3.05) is 13.7 Å². The molecule has 1 N–H and O–H groups in total. The lowest BCUT2D eigenvalue weighted by atomic mass is 9.94. The average Bonchev–Trinajstić information content (AvgIpc) is 2.77. The van der Waals surface area contributed by atoms with Gasteiger partial charge in [-0.1, -0.05) is 82.7 Å². The first kappa shape index (κ1) is 27.4. The topological polar surface area (TPSA) is 30.5 Å². The highest BCUT2D eigenvalue weighted by Gasteiger charge is 2.39. The van der Waals surface area contributed by atoms with E-state index in [4.69, 9.17) is 21.4 Å². The molecule has 3 nitrogen and oxygen atoms in total. The minimum atomic E-state index is -1.91. The Bertz CT molecular complexity index is 877. The molecule has 0 fully saturated rings. The van der Waals surface area contributed by atoms with Crippen molar-refractivity contribution >= 4 is 25.5 Å². The number of hydrogen-bond acceptors (Lipinski definition) is 3. The summed E-state index contributed by atoms with van der Waals surface area (Å²) in [5, 5.41) is 3.60. The summed E-state index contributed by atoms with van der Waals surface area (Å²) in [6.07, 6.45) is 5.21. The van der Waals surface area contributed by atoms with E-state index in [0.717, 1.165) is 55.1 Å². The number of benzene rings is 2. The number of aryl methyl sites for hydroxylation is 1. The maximum absolute atomic E-state index is 6.50. The van der Waals surface area contributed by atoms with Crippen molar-refractivity contribution in [2.45, 2.75) is 77.9 Å². The molecule has 0 aliphatic rings. The van der Waals surface area contributed by atoms with Gasteiger partial charge in [0.1, 0.15) is 5.75 Å². The van der Waals surface area contributed by atoms with Crippen LogP contribution >= 0.6 is 12.2 Å². The fraction of sp³-hybridized carbons (Fsp3) is 0.536. The lowest BCUT2D eigenvalue weighted by Gasteiger charge is -2.36. The summed E-state index contributed by atoms with van der Waals surface area (Å²) >= 11 is 5.64. The second-order valence-electron chi connectivity index (χ2n) is 10.5. The van der Waals surface area contributed by atoms with Gasteiger partial charge in [-0.05, 0) is 66.6 Å². The summed E-state index contributed by atoms with van der Waals surface area (Å²) in [6.45, 7) is 14.5. The van der Waals surface area contributed by atoms with Gasteiger partial charge in [-0.15, -0.1) is 0 Å². The third-order valence-corrected chi connectivity index (χ3v) is 11.5. The summed E-state index contributed by atoms with van der Waals surface area (Å²) in [5.74, 6) is 2.28. The zero-order valence-electron chi connectivity index (χ0n) is 21.7. The smallest absolute Gasteiger partial charge is 0.250 e. The molecule has 0 heterocycles. The molecule has 0 aromatic heterocycles. The van der Waals surface area contributed by atoms with Gasteiger partial charge in [0.15, 0.2) is 5.75 Å². The quantitative estimate of drug-likeness (QED) is 0.248. The number of rotatable bonds is 12. The van der Waals surface area contributed by atoms with E-state index in [9.17, 15) is 0 Å². The highest BCUT2D eigenvalue weighted by Crippen LogP contribution is 2.40. The molecule has 0 aliphatic heterocycles. The standard InChI is InChI=1S/C28H43NO2SSi/c1-8-22(21-27(32)29-19-18-23-12-10-9-11-13-23)14-15-24-16-17-25(26(20-24)30-5)31-33(6,7)28(2,3)4/h9-13,16-17,20,22H,8,14-15,18-19,21H2,1-7H3,(H,29,32). The summed E-state index contributed by atoms with van der Waals surface area (Å²) in [4.78, 5) is 0.980. The fourth-order valence-electron chi connectivity index (χ4n) is 3.53. The monoisotopic (exact) mass is 485 g/mol. The van der Waals surface area contributed by atoms with Crippen LogP contribution in [0, 0.1) is 5.92 Å². The molecule has 0 spiro atoms. The molecule has 33 heavy (non-hydrogen) atoms. The number of hydrogen-bond donors (Lipinski definition) is 1. The molecule has 2 aromatic carbocycles. The van der Waals surface area contributed by atoms with Gasteiger partial charge in [-0.25, -0.2) is 0 Å². The maximum Gasteiger partial charge on any atom is 0.250 e. The van der Waals surface area contributed by atoms with Gasteiger partial charge in [0, 0.05) is 13.0 Å². The summed E-state index contributed by atoms with van der Waals surface area (Å²) in [7, 11) is -0.177. The lowest BCUT2D eigenvalue weighted by molar-refractivity contribution is 0.385. The van der Waals surface area contributed by atoms with Crippen molar-refractivity contribution in [3.05, 3.63) is 59.7 Å². The van der Waals surface area contributed by atoms with Gasteiger partial charge in [-0.2, -0.15) is 0 Å². The molecule has 5 heteroatoms. The van der Waals surface area contributed by atoms with E-state index in [-0.39, 0.29) is 5.04 Å². The van der Waals surface area contributed by atoms with Crippen LogP contribution in [0.5, 0.6) is 11.5 Å². The molecule has 2 aromatic rings. The average molecular weight is 486 g/mol. The van der Waals surface area contributed by atoms with E-state index in [1.807, 2.05) is 0 Å². The Morgan fingerprint density at radius 1 is 1.00 bits per heavy atom. The fourth-order valence-corrected chi connectivity index (χ4v) is 4.89. The minimum absolute atomic E-state index is 0.151. The van der Waals surface area contributed by atoms with Crippen molar-refractivity contribution in [3.8, 4) is 11.5 Å². The number of ether oxygens (including phenoxy) is 1. The summed E-state index contributed by atoms with van der Waals surface area (Å²) < 4.78 is 12.2. The van der Waals surface area contributed by atoms with Crippen LogP contribution in [0.4, 0.5) is 0 Å². The third-order valence-electron chi connectivity index (χ3n) is 6.87. The highest BCUT2D eigenvalue weighted by atomic mass is 32.1. The molecule has 0 radical (unpaired) electrons. The molecule has 1 atom stereocenters. The van der Waals surface area contributed by atoms with Gasteiger partial charge in [-0.3, -0.25) is 0 Å². The van der Waals surface area contributed by atoms with E-state index >= 15 is 0 Å². The van der Waals surface area contributed by atoms with Crippen molar-refractivity contribution in [1.82, 2.24) is 5.32 Å². The van der Waals surface area contributed by atoms with Crippen LogP contribution in [0.15, 0.2) is 48.5 Å². The van der Waals surface area contributed by atoms with Crippen molar-refractivity contribution in [2.24, 2.45) is 5.92 Å². The van der Waals surface area contributed by atoms with Gasteiger partial charge < -0.3 is 14.5 Å². The Morgan fingerprint density at radius 2 is 1.70 bits per heavy atom. The largest absolute Gasteiger partial charge is 0.541 e. The van der Waals surface area contributed by atoms with Crippen molar-refractivity contribution < 1.29 is 9.16 Å². The van der Waals surface area contributed by atoms with Crippen LogP contribution in [0.2, 0.25) is 18.1 Å². The predicted molar refractivity (Wildman–Crippen MR) is 148 cm³/mol. The molecule has 1 unspecified atom stereocenters. The van der Waals surface area contributed by atoms with Gasteiger partial charge in [0.2, 0.25) is 0 Å². The Kier molecular flexibility index (Phi) is 10.4. The summed E-state index contributed by atoms with van der Waals surface area (Å²) in [5.41, 5.74) is 2.63. The first-order valence-corrected chi connectivity index (χ1v) is 15.5. The molecule has 2 rings (SSSR count). The van der Waals surface area contributed by atoms with Crippen molar-refractivity contribution in [1.29, 1.82) is 0 Å². The van der Waals surface area contributed by atoms with Gasteiger partial charge in [0.25, 0.3) is 8.32 Å². The van der Waals surface area contributed by atoms with Crippen LogP contribution < -0.4 is 14.5 Å². The molecule has 0 saturated carbocycles. The molecular formula is C28H43NO2SSi. The van der Waals surface area contributed by atoms with E-state index in [2.05, 4.69) is 94.6 Å². The number of methoxy groups -OCH3 is 1. The second-order valence-corrected chi connectivity index (χ2v) is 15.7. The zero-order chi connectivity index (χ0) is 24.5. The Balaban J connectivity index is 1.88. The predicted octanol–water partition coefficient (Wildman–Crippen LogP) is 7.59. The van der Waals surface area contributed by atoms with Crippen LogP contribution in [0.3, 0.4) is 0 Å². The lowest BCUT2D eigenvalue weighted by Crippen LogP contribution is -2.43. The van der Waals surface area contributed by atoms with Gasteiger partial charge in [0.05, 0.1) is 12.1 Å². The normalized spacial score (nSPS) is 12.8. The van der Waals surface area contributed by atoms with E-state index < -0.39 is 8.32 Å². The number of nitrogens with one attached hydrogen (secondary N) is 1. The van der Waals surface area contributed by atoms with E-state index in [1.165, 1.54) is 11.1 Å². The third kappa shape index (κ3) is 8.78. The summed E-state index contributed by atoms with van der Waals surface area (Å²) in [6, 6.07) is 17.0. The first-order valence-electron chi connectivity index (χ1n) is 12.2. The van der Waals surface area contributed by atoms with Crippen LogP contribution in [-0.2, 0) is 12.8 Å². The number of thiocarbonyl (C=S) groups is 1. The molecule has 0 saturated heterocycles. The molecule has 0 amide bonds. The van der Waals surface area contributed by atoms with Crippen LogP contribution in [0.25, 0.3) is 0 Å². The SMILES string of the molecule is CCC(CCc1ccc(O[Si](C)(C)C(C)(C)C)c(OC)c1)CC(=S)NCCc1ccccc1. The molecular weight excluding hydrogens is 442 g/mol. The highest BCUT2D eigenvalue weighted by molar-refractivity contribution is 7.80. The Labute approximate surface area is 208 Å². The minimum Gasteiger partial charge on any atom is -0.541 e. The van der Waals surface area contributed by atoms with Crippen LogP contribution in [-0.4, -0.2) is 27.0 Å². The Morgan fingerprint density at radius 3 is 2.30 bits per heavy atom. The Hall–Kier alpha value is -1.85. The first-order chi connectivity index (χ1) is 15.6. The van der Waals surface area contributed by atoms with E-state index in [1.54, 1.807) is 7.11 Å². The van der Waals surface area contributed by atoms with Gasteiger partial charge >= 0.3 is 0 Å². The van der Waals surface area contributed by atoms with Crippen molar-refractivity contribution in [3.63, 3.8) is 0 Å². The maximum atomic E-state index is 6.50. The second kappa shape index (κ2) is 12.6. The molecule has 0 aliphatic carbocycles. The van der Waals surface area contributed by atoms with Crippen LogP contribution in [0.1, 0.15) is 58.1 Å². The van der Waals surface area contributed by atoms with E-state index in [0.29, 0.717) is 5.92 Å². The zero-order valence-corrected chi connectivity index (χ0v) is 23.5.